The monoisotopic (exact) mass is 320 g/mol. The van der Waals surface area contributed by atoms with Gasteiger partial charge in [-0.2, -0.15) is 0 Å². The number of benzene rings is 1. The van der Waals surface area contributed by atoms with E-state index in [1.54, 1.807) is 7.11 Å². The van der Waals surface area contributed by atoms with Crippen molar-refractivity contribution in [3.8, 4) is 16.9 Å². The maximum Gasteiger partial charge on any atom is 0.106 e. The van der Waals surface area contributed by atoms with E-state index in [0.717, 1.165) is 28.7 Å². The Morgan fingerprint density at radius 3 is 2.05 bits per heavy atom. The van der Waals surface area contributed by atoms with Crippen LogP contribution in [0.5, 0.6) is 5.75 Å². The van der Waals surface area contributed by atoms with Crippen molar-refractivity contribution in [2.45, 2.75) is 0 Å². The third kappa shape index (κ3) is 4.74. The Hall–Kier alpha value is -2.09. The first-order chi connectivity index (χ1) is 9.85. The van der Waals surface area contributed by atoms with Gasteiger partial charge in [0.25, 0.3) is 0 Å². The Morgan fingerprint density at radius 1 is 1.00 bits per heavy atom. The number of carbonyl (C=O) groups is 1. The first kappa shape index (κ1) is 17.0. The van der Waals surface area contributed by atoms with E-state index in [4.69, 9.17) is 4.74 Å². The molecule has 0 amide bonds. The average Bonchev–Trinajstić information content (AvgIpc) is 3.21. The number of methoxy groups -OCH3 is 1. The fourth-order valence-corrected chi connectivity index (χ4v) is 1.89. The molecule has 0 aliphatic carbocycles. The van der Waals surface area contributed by atoms with Crippen LogP contribution in [-0.4, -0.2) is 13.4 Å². The van der Waals surface area contributed by atoms with Gasteiger partial charge in [0.05, 0.1) is 13.4 Å². The quantitative estimate of drug-likeness (QED) is 0.409. The fourth-order valence-electron chi connectivity index (χ4n) is 1.89. The molecule has 0 bridgehead atoms. The molecule has 0 atom stereocenters. The van der Waals surface area contributed by atoms with Crippen molar-refractivity contribution >= 4 is 6.29 Å². The Balaban J connectivity index is 0.000000313. The van der Waals surface area contributed by atoms with Crippen LogP contribution in [0.3, 0.4) is 0 Å². The van der Waals surface area contributed by atoms with Gasteiger partial charge in [-0.25, -0.2) is 0 Å². The molecule has 21 heavy (non-hydrogen) atoms. The zero-order valence-corrected chi connectivity index (χ0v) is 12.8. The number of aldehydes is 1. The van der Waals surface area contributed by atoms with Crippen molar-refractivity contribution < 1.29 is 26.6 Å². The minimum Gasteiger partial charge on any atom is -0.748 e. The summed E-state index contributed by atoms with van der Waals surface area (Å²) in [7, 11) is 1.63. The average molecular weight is 320 g/mol. The van der Waals surface area contributed by atoms with E-state index in [0.29, 0.717) is 0 Å². The van der Waals surface area contributed by atoms with Gasteiger partial charge in [-0.3, -0.25) is 0 Å². The minimum atomic E-state index is 0. The SMILES string of the molecule is COc1ccc(-[c-]2cccc2C=O)cc1.[Fe].[cH-]1[cH-][cH-][cH-][cH-]1. The predicted octanol–water partition coefficient (Wildman–Crippen LogP) is 4.30. The summed E-state index contributed by atoms with van der Waals surface area (Å²) in [5, 5.41) is 0. The minimum absolute atomic E-state index is 0. The van der Waals surface area contributed by atoms with Gasteiger partial charge in [-0.15, -0.1) is 35.9 Å². The third-order valence-electron chi connectivity index (χ3n) is 2.93. The molecular formula is C18H16FeO2-6. The van der Waals surface area contributed by atoms with Crippen molar-refractivity contribution in [2.75, 3.05) is 7.11 Å². The summed E-state index contributed by atoms with van der Waals surface area (Å²) in [4.78, 5) is 10.8. The van der Waals surface area contributed by atoms with Gasteiger partial charge in [0.1, 0.15) is 5.75 Å². The van der Waals surface area contributed by atoms with Gasteiger partial charge in [0.2, 0.25) is 0 Å². The van der Waals surface area contributed by atoms with E-state index >= 15 is 0 Å². The second kappa shape index (κ2) is 8.96. The van der Waals surface area contributed by atoms with Gasteiger partial charge in [-0.1, -0.05) is 11.1 Å². The summed E-state index contributed by atoms with van der Waals surface area (Å²) in [5.74, 6) is 0.818. The molecule has 3 heteroatoms. The molecule has 114 valence electrons. The number of rotatable bonds is 3. The van der Waals surface area contributed by atoms with E-state index < -0.39 is 0 Å². The topological polar surface area (TPSA) is 26.3 Å². The van der Waals surface area contributed by atoms with Gasteiger partial charge in [-0.05, 0) is 12.1 Å². The second-order valence-electron chi connectivity index (χ2n) is 4.20. The molecule has 0 saturated carbocycles. The number of hydrogen-bond donors (Lipinski definition) is 0. The molecule has 3 aromatic carbocycles. The number of hydrogen-bond acceptors (Lipinski definition) is 2. The van der Waals surface area contributed by atoms with Crippen molar-refractivity contribution in [3.05, 3.63) is 78.4 Å². The van der Waals surface area contributed by atoms with E-state index in [-0.39, 0.29) is 17.1 Å². The summed E-state index contributed by atoms with van der Waals surface area (Å²) < 4.78 is 5.07. The molecular weight excluding hydrogens is 304 g/mol. The summed E-state index contributed by atoms with van der Waals surface area (Å²) in [6.45, 7) is 0. The van der Waals surface area contributed by atoms with E-state index in [1.165, 1.54) is 0 Å². The van der Waals surface area contributed by atoms with Gasteiger partial charge >= 0.3 is 0 Å². The number of ether oxygens (including phenoxy) is 1. The zero-order valence-electron chi connectivity index (χ0n) is 11.7. The van der Waals surface area contributed by atoms with Crippen LogP contribution in [0, 0.1) is 0 Å². The smallest absolute Gasteiger partial charge is 0.106 e. The first-order valence-electron chi connectivity index (χ1n) is 6.37. The molecule has 0 aromatic heterocycles. The van der Waals surface area contributed by atoms with Crippen molar-refractivity contribution in [1.29, 1.82) is 0 Å². The molecule has 0 heterocycles. The maximum atomic E-state index is 10.8. The molecule has 0 spiro atoms. The van der Waals surface area contributed by atoms with Crippen molar-refractivity contribution in [2.24, 2.45) is 0 Å². The zero-order chi connectivity index (χ0) is 14.2. The normalized spacial score (nSPS) is 9.00. The van der Waals surface area contributed by atoms with Gasteiger partial charge < -0.3 is 39.9 Å². The molecule has 0 unspecified atom stereocenters. The molecule has 3 aromatic rings. The van der Waals surface area contributed by atoms with Crippen LogP contribution in [0.25, 0.3) is 11.1 Å². The summed E-state index contributed by atoms with van der Waals surface area (Å²) in [5.41, 5.74) is 2.72. The number of carbonyl (C=O) groups excluding carboxylic acids is 1. The van der Waals surface area contributed by atoms with E-state index in [2.05, 4.69) is 0 Å². The van der Waals surface area contributed by atoms with Crippen LogP contribution in [0.2, 0.25) is 0 Å². The Bertz CT molecular complexity index is 604. The van der Waals surface area contributed by atoms with Crippen LogP contribution >= 0.6 is 0 Å². The molecule has 2 nitrogen and oxygen atoms in total. The van der Waals surface area contributed by atoms with E-state index in [9.17, 15) is 4.79 Å². The predicted molar refractivity (Wildman–Crippen MR) is 81.4 cm³/mol. The molecule has 0 fully saturated rings. The molecule has 3 rings (SSSR count). The third-order valence-corrected chi connectivity index (χ3v) is 2.93. The Morgan fingerprint density at radius 2 is 1.57 bits per heavy atom. The Labute approximate surface area is 135 Å². The maximum absolute atomic E-state index is 10.8. The summed E-state index contributed by atoms with van der Waals surface area (Å²) in [6, 6.07) is 23.3. The van der Waals surface area contributed by atoms with Crippen molar-refractivity contribution in [1.82, 2.24) is 0 Å². The van der Waals surface area contributed by atoms with Crippen LogP contribution in [0.4, 0.5) is 0 Å². The van der Waals surface area contributed by atoms with Gasteiger partial charge in [0.15, 0.2) is 0 Å². The molecule has 0 saturated heterocycles. The fraction of sp³-hybridized carbons (Fsp3) is 0.0556. The molecule has 0 radical (unpaired) electrons. The molecule has 0 aliphatic rings. The van der Waals surface area contributed by atoms with Crippen LogP contribution in [0.1, 0.15) is 10.4 Å². The van der Waals surface area contributed by atoms with Gasteiger partial charge in [0, 0.05) is 17.1 Å². The van der Waals surface area contributed by atoms with Crippen LogP contribution in [-0.2, 0) is 17.1 Å². The Kier molecular flexibility index (Phi) is 7.24. The standard InChI is InChI=1S/C13H11O2.C5H5.Fe/c1-15-12-7-5-10(6-8-12)13-4-2-3-11(13)9-14;1-2-4-5-3-1;/h2-9H,1H3;1-5H;/q-1;-5;. The largest absolute Gasteiger partial charge is 0.748 e. The van der Waals surface area contributed by atoms with E-state index in [1.807, 2.05) is 72.8 Å². The summed E-state index contributed by atoms with van der Waals surface area (Å²) >= 11 is 0. The first-order valence-corrected chi connectivity index (χ1v) is 6.37. The molecule has 0 aliphatic heterocycles. The molecule has 0 N–H and O–H groups in total. The van der Waals surface area contributed by atoms with Crippen molar-refractivity contribution in [3.63, 3.8) is 0 Å². The van der Waals surface area contributed by atoms with Crippen LogP contribution in [0.15, 0.2) is 72.8 Å². The van der Waals surface area contributed by atoms with Crippen LogP contribution < -0.4 is 4.74 Å². The second-order valence-corrected chi connectivity index (χ2v) is 4.20. The summed E-state index contributed by atoms with van der Waals surface area (Å²) in [6.07, 6.45) is 0.875.